The number of H-pyrrole nitrogens is 1. The number of aryl methyl sites for hydroxylation is 1. The lowest BCUT2D eigenvalue weighted by Gasteiger charge is -2.42. The molecule has 3 heteroatoms. The van der Waals surface area contributed by atoms with Crippen molar-refractivity contribution in [3.63, 3.8) is 0 Å². The SMILES string of the molecule is C/C=C\C(=C/C=C(C)CC)c1[nH]c2ccc(C3CCN(C4CCN(C(C)C)CC4)CC3)cc2c1C. The average molecular weight is 474 g/mol. The third kappa shape index (κ3) is 6.01. The van der Waals surface area contributed by atoms with Crippen LogP contribution in [0.5, 0.6) is 0 Å². The molecule has 1 N–H and O–H groups in total. The molecular weight excluding hydrogens is 426 g/mol. The Morgan fingerprint density at radius 1 is 1.06 bits per heavy atom. The first-order chi connectivity index (χ1) is 16.9. The maximum Gasteiger partial charge on any atom is 0.0494 e. The summed E-state index contributed by atoms with van der Waals surface area (Å²) in [5.41, 5.74) is 8.05. The van der Waals surface area contributed by atoms with Crippen molar-refractivity contribution >= 4 is 16.5 Å². The fourth-order valence-corrected chi connectivity index (χ4v) is 6.00. The molecule has 2 saturated heterocycles. The van der Waals surface area contributed by atoms with E-state index in [-0.39, 0.29) is 0 Å². The van der Waals surface area contributed by atoms with Crippen LogP contribution in [0.1, 0.15) is 89.5 Å². The minimum Gasteiger partial charge on any atom is -0.354 e. The molecule has 3 heterocycles. The fourth-order valence-electron chi connectivity index (χ4n) is 6.00. The number of nitrogens with zero attached hydrogens (tertiary/aromatic N) is 2. The largest absolute Gasteiger partial charge is 0.354 e. The van der Waals surface area contributed by atoms with Gasteiger partial charge in [-0.15, -0.1) is 0 Å². The molecule has 0 spiro atoms. The lowest BCUT2D eigenvalue weighted by Crippen LogP contribution is -2.48. The fraction of sp³-hybridized carbons (Fsp3) is 0.562. The molecule has 35 heavy (non-hydrogen) atoms. The first-order valence-corrected chi connectivity index (χ1v) is 14.0. The van der Waals surface area contributed by atoms with E-state index in [1.807, 2.05) is 0 Å². The number of aromatic amines is 1. The van der Waals surface area contributed by atoms with E-state index in [0.29, 0.717) is 12.0 Å². The van der Waals surface area contributed by atoms with E-state index in [4.69, 9.17) is 0 Å². The van der Waals surface area contributed by atoms with E-state index in [1.165, 1.54) is 90.7 Å². The topological polar surface area (TPSA) is 22.3 Å². The zero-order valence-electron chi connectivity index (χ0n) is 23.0. The quantitative estimate of drug-likeness (QED) is 0.414. The Morgan fingerprint density at radius 2 is 1.77 bits per heavy atom. The molecule has 0 aliphatic carbocycles. The number of piperidine rings is 2. The lowest BCUT2D eigenvalue weighted by atomic mass is 9.87. The van der Waals surface area contributed by atoms with Crippen molar-refractivity contribution < 1.29 is 0 Å². The van der Waals surface area contributed by atoms with E-state index in [1.54, 1.807) is 0 Å². The van der Waals surface area contributed by atoms with Gasteiger partial charge < -0.3 is 14.8 Å². The number of rotatable bonds is 7. The number of hydrogen-bond donors (Lipinski definition) is 1. The number of likely N-dealkylation sites (tertiary alicyclic amines) is 2. The minimum absolute atomic E-state index is 0.685. The first-order valence-electron chi connectivity index (χ1n) is 14.0. The number of benzene rings is 1. The molecule has 1 aromatic carbocycles. The summed E-state index contributed by atoms with van der Waals surface area (Å²) >= 11 is 0. The van der Waals surface area contributed by atoms with Crippen LogP contribution in [0.4, 0.5) is 0 Å². The molecule has 2 fully saturated rings. The smallest absolute Gasteiger partial charge is 0.0494 e. The highest BCUT2D eigenvalue weighted by molar-refractivity contribution is 5.91. The van der Waals surface area contributed by atoms with Crippen molar-refractivity contribution in [1.29, 1.82) is 0 Å². The van der Waals surface area contributed by atoms with Gasteiger partial charge in [0.2, 0.25) is 0 Å². The van der Waals surface area contributed by atoms with Gasteiger partial charge in [0, 0.05) is 28.7 Å². The Morgan fingerprint density at radius 3 is 2.40 bits per heavy atom. The molecule has 1 aromatic heterocycles. The zero-order valence-corrected chi connectivity index (χ0v) is 23.0. The number of allylic oxidation sites excluding steroid dienone is 6. The lowest BCUT2D eigenvalue weighted by molar-refractivity contribution is 0.0753. The Kier molecular flexibility index (Phi) is 8.73. The standard InChI is InChI=1S/C32H47N3/c1-7-9-27(11-10-24(5)8-2)32-25(6)30-22-28(12-13-31(30)33-32)26-14-18-35(19-15-26)29-16-20-34(21-17-29)23(3)4/h7,9-13,22-23,26,29,33H,8,14-21H2,1-6H3/b9-7-,24-10?,27-11+. The Balaban J connectivity index is 1.46. The van der Waals surface area contributed by atoms with Gasteiger partial charge in [0.1, 0.15) is 0 Å². The van der Waals surface area contributed by atoms with Crippen LogP contribution in [0, 0.1) is 6.92 Å². The molecule has 2 aliphatic heterocycles. The van der Waals surface area contributed by atoms with Crippen LogP contribution in [-0.4, -0.2) is 53.0 Å². The van der Waals surface area contributed by atoms with Crippen molar-refractivity contribution in [1.82, 2.24) is 14.8 Å². The van der Waals surface area contributed by atoms with Crippen LogP contribution in [0.3, 0.4) is 0 Å². The number of hydrogen-bond acceptors (Lipinski definition) is 2. The molecule has 0 unspecified atom stereocenters. The van der Waals surface area contributed by atoms with Crippen molar-refractivity contribution in [3.05, 3.63) is 64.9 Å². The molecule has 2 aliphatic rings. The first kappa shape index (κ1) is 26.0. The van der Waals surface area contributed by atoms with Gasteiger partial charge >= 0.3 is 0 Å². The van der Waals surface area contributed by atoms with Gasteiger partial charge in [-0.25, -0.2) is 0 Å². The van der Waals surface area contributed by atoms with Crippen LogP contribution in [-0.2, 0) is 0 Å². The van der Waals surface area contributed by atoms with Crippen LogP contribution < -0.4 is 0 Å². The molecule has 190 valence electrons. The molecule has 0 atom stereocenters. The maximum absolute atomic E-state index is 3.72. The third-order valence-electron chi connectivity index (χ3n) is 8.57. The molecule has 0 amide bonds. The second-order valence-corrected chi connectivity index (χ2v) is 11.1. The van der Waals surface area contributed by atoms with E-state index in [0.717, 1.165) is 12.5 Å². The monoisotopic (exact) mass is 473 g/mol. The second-order valence-electron chi connectivity index (χ2n) is 11.1. The van der Waals surface area contributed by atoms with E-state index < -0.39 is 0 Å². The Labute approximate surface area is 214 Å². The van der Waals surface area contributed by atoms with Crippen molar-refractivity contribution in [2.24, 2.45) is 0 Å². The summed E-state index contributed by atoms with van der Waals surface area (Å²) in [5, 5.41) is 1.38. The normalized spacial score (nSPS) is 20.7. The van der Waals surface area contributed by atoms with E-state index >= 15 is 0 Å². The van der Waals surface area contributed by atoms with Gasteiger partial charge in [-0.3, -0.25) is 0 Å². The summed E-state index contributed by atoms with van der Waals surface area (Å²) in [6, 6.07) is 8.66. The molecule has 0 radical (unpaired) electrons. The predicted octanol–water partition coefficient (Wildman–Crippen LogP) is 7.84. The number of fused-ring (bicyclic) bond motifs is 1. The van der Waals surface area contributed by atoms with Crippen LogP contribution >= 0.6 is 0 Å². The van der Waals surface area contributed by atoms with Gasteiger partial charge in [0.15, 0.2) is 0 Å². The van der Waals surface area contributed by atoms with Gasteiger partial charge in [-0.1, -0.05) is 42.9 Å². The van der Waals surface area contributed by atoms with Gasteiger partial charge in [0.05, 0.1) is 0 Å². The van der Waals surface area contributed by atoms with Crippen molar-refractivity contribution in [3.8, 4) is 0 Å². The van der Waals surface area contributed by atoms with Crippen molar-refractivity contribution in [2.75, 3.05) is 26.2 Å². The van der Waals surface area contributed by atoms with Gasteiger partial charge in [-0.2, -0.15) is 0 Å². The van der Waals surface area contributed by atoms with E-state index in [9.17, 15) is 0 Å². The summed E-state index contributed by atoms with van der Waals surface area (Å²) in [5.74, 6) is 0.685. The molecule has 3 nitrogen and oxygen atoms in total. The molecule has 0 saturated carbocycles. The Hall–Kier alpha value is -2.10. The van der Waals surface area contributed by atoms with Crippen molar-refractivity contribution in [2.45, 2.75) is 91.6 Å². The Bertz CT molecular complexity index is 1070. The summed E-state index contributed by atoms with van der Waals surface area (Å²) in [6.07, 6.45) is 15.2. The van der Waals surface area contributed by atoms with Gasteiger partial charge in [0.25, 0.3) is 0 Å². The highest BCUT2D eigenvalue weighted by Gasteiger charge is 2.29. The minimum atomic E-state index is 0.685. The van der Waals surface area contributed by atoms with Crippen LogP contribution in [0.2, 0.25) is 0 Å². The number of nitrogens with one attached hydrogen (secondary N) is 1. The second kappa shape index (κ2) is 11.8. The zero-order chi connectivity index (χ0) is 24.9. The highest BCUT2D eigenvalue weighted by Crippen LogP contribution is 2.35. The molecular formula is C32H47N3. The van der Waals surface area contributed by atoms with Crippen LogP contribution in [0.25, 0.3) is 16.5 Å². The van der Waals surface area contributed by atoms with E-state index in [2.05, 4.69) is 98.8 Å². The van der Waals surface area contributed by atoms with Crippen LogP contribution in [0.15, 0.2) is 48.1 Å². The summed E-state index contributed by atoms with van der Waals surface area (Å²) in [6.45, 7) is 18.5. The summed E-state index contributed by atoms with van der Waals surface area (Å²) in [4.78, 5) is 9.16. The maximum atomic E-state index is 3.72. The average Bonchev–Trinajstić information content (AvgIpc) is 3.22. The highest BCUT2D eigenvalue weighted by atomic mass is 15.2. The molecule has 0 bridgehead atoms. The van der Waals surface area contributed by atoms with Gasteiger partial charge in [-0.05, 0) is 128 Å². The number of aromatic nitrogens is 1. The predicted molar refractivity (Wildman–Crippen MR) is 153 cm³/mol. The molecule has 4 rings (SSSR count). The summed E-state index contributed by atoms with van der Waals surface area (Å²) in [7, 11) is 0. The third-order valence-corrected chi connectivity index (χ3v) is 8.57. The summed E-state index contributed by atoms with van der Waals surface area (Å²) < 4.78 is 0. The molecule has 2 aromatic rings.